The molecule has 2 aliphatic rings. The van der Waals surface area contributed by atoms with Crippen molar-refractivity contribution in [3.8, 4) is 11.3 Å². The van der Waals surface area contributed by atoms with E-state index in [0.29, 0.717) is 0 Å². The first-order valence-electron chi connectivity index (χ1n) is 7.79. The summed E-state index contributed by atoms with van der Waals surface area (Å²) >= 11 is 0. The third-order valence-corrected chi connectivity index (χ3v) is 4.81. The van der Waals surface area contributed by atoms with Gasteiger partial charge in [0.15, 0.2) is 5.82 Å². The second kappa shape index (κ2) is 4.60. The summed E-state index contributed by atoms with van der Waals surface area (Å²) in [4.78, 5) is 2.41. The molecule has 110 valence electrons. The first-order valence-corrected chi connectivity index (χ1v) is 7.79. The van der Waals surface area contributed by atoms with Gasteiger partial charge in [0.2, 0.25) is 0 Å². The average molecular weight is 282 g/mol. The molecule has 1 aliphatic heterocycles. The van der Waals surface area contributed by atoms with Crippen LogP contribution in [0.25, 0.3) is 11.3 Å². The van der Waals surface area contributed by atoms with Gasteiger partial charge in [0.25, 0.3) is 0 Å². The molecular weight excluding hydrogens is 260 g/mol. The monoisotopic (exact) mass is 282 g/mol. The highest BCUT2D eigenvalue weighted by molar-refractivity contribution is 5.76. The predicted molar refractivity (Wildman–Crippen MR) is 85.8 cm³/mol. The lowest BCUT2D eigenvalue weighted by Gasteiger charge is -2.34. The molecule has 2 N–H and O–H groups in total. The van der Waals surface area contributed by atoms with Crippen LogP contribution in [0.4, 0.5) is 5.82 Å². The number of aromatic amines is 1. The highest BCUT2D eigenvalue weighted by atomic mass is 15.3. The average Bonchev–Trinajstić information content (AvgIpc) is 2.91. The van der Waals surface area contributed by atoms with Crippen molar-refractivity contribution in [2.24, 2.45) is 0 Å². The van der Waals surface area contributed by atoms with E-state index in [-0.39, 0.29) is 5.41 Å². The van der Waals surface area contributed by atoms with Crippen molar-refractivity contribution in [2.75, 3.05) is 31.1 Å². The zero-order valence-corrected chi connectivity index (χ0v) is 12.7. The highest BCUT2D eigenvalue weighted by Gasteiger charge is 2.35. The van der Waals surface area contributed by atoms with E-state index in [0.717, 1.165) is 38.4 Å². The molecule has 0 atom stereocenters. The van der Waals surface area contributed by atoms with E-state index in [1.807, 2.05) is 0 Å². The van der Waals surface area contributed by atoms with Crippen LogP contribution in [-0.2, 0) is 11.8 Å². The van der Waals surface area contributed by atoms with E-state index in [1.165, 1.54) is 22.4 Å². The Morgan fingerprint density at radius 1 is 1.14 bits per heavy atom. The van der Waals surface area contributed by atoms with Gasteiger partial charge in [0.05, 0.1) is 5.69 Å². The van der Waals surface area contributed by atoms with Gasteiger partial charge in [-0.2, -0.15) is 5.10 Å². The smallest absolute Gasteiger partial charge is 0.154 e. The van der Waals surface area contributed by atoms with E-state index in [2.05, 4.69) is 58.5 Å². The zero-order chi connectivity index (χ0) is 14.4. The maximum Gasteiger partial charge on any atom is 0.154 e. The van der Waals surface area contributed by atoms with E-state index >= 15 is 0 Å². The van der Waals surface area contributed by atoms with Gasteiger partial charge in [-0.1, -0.05) is 38.1 Å². The van der Waals surface area contributed by atoms with Gasteiger partial charge in [-0.05, 0) is 17.4 Å². The summed E-state index contributed by atoms with van der Waals surface area (Å²) in [6.07, 6.45) is 1.05. The number of H-pyrrole nitrogens is 1. The standard InChI is InChI=1S/C17H22N4/c1-17(2)11-13-15(12-5-3-4-6-14(12)17)19-20-16(13)21-9-7-18-8-10-21/h3-6,18H,7-11H2,1-2H3,(H,19,20). The molecule has 1 fully saturated rings. The molecule has 1 aliphatic carbocycles. The largest absolute Gasteiger partial charge is 0.352 e. The number of anilines is 1. The molecule has 1 saturated heterocycles. The van der Waals surface area contributed by atoms with Crippen LogP contribution >= 0.6 is 0 Å². The third-order valence-electron chi connectivity index (χ3n) is 4.81. The number of aromatic nitrogens is 2. The molecule has 2 aromatic rings. The highest BCUT2D eigenvalue weighted by Crippen LogP contribution is 2.44. The molecule has 0 radical (unpaired) electrons. The van der Waals surface area contributed by atoms with Crippen LogP contribution in [-0.4, -0.2) is 36.4 Å². The molecule has 0 saturated carbocycles. The molecule has 4 nitrogen and oxygen atoms in total. The van der Waals surface area contributed by atoms with Crippen molar-refractivity contribution in [3.05, 3.63) is 35.4 Å². The van der Waals surface area contributed by atoms with E-state index < -0.39 is 0 Å². The van der Waals surface area contributed by atoms with Gasteiger partial charge < -0.3 is 10.2 Å². The number of hydrogen-bond donors (Lipinski definition) is 2. The molecule has 4 heteroatoms. The fourth-order valence-corrected chi connectivity index (χ4v) is 3.71. The Labute approximate surface area is 125 Å². The van der Waals surface area contributed by atoms with Crippen molar-refractivity contribution in [2.45, 2.75) is 25.7 Å². The van der Waals surface area contributed by atoms with Crippen molar-refractivity contribution < 1.29 is 0 Å². The summed E-state index contributed by atoms with van der Waals surface area (Å²) in [6.45, 7) is 8.84. The Bertz CT molecular complexity index is 665. The minimum atomic E-state index is 0.163. The summed E-state index contributed by atoms with van der Waals surface area (Å²) in [5.41, 5.74) is 5.51. The Morgan fingerprint density at radius 3 is 2.71 bits per heavy atom. The van der Waals surface area contributed by atoms with Gasteiger partial charge in [-0.25, -0.2) is 0 Å². The lowest BCUT2D eigenvalue weighted by Crippen LogP contribution is -2.44. The SMILES string of the molecule is CC1(C)Cc2c(N3CCNCC3)n[nH]c2-c2ccccc21. The molecule has 0 bridgehead atoms. The topological polar surface area (TPSA) is 44.0 Å². The Balaban J connectivity index is 1.83. The number of benzene rings is 1. The quantitative estimate of drug-likeness (QED) is 0.843. The van der Waals surface area contributed by atoms with E-state index in [4.69, 9.17) is 0 Å². The van der Waals surface area contributed by atoms with Gasteiger partial charge in [0, 0.05) is 37.3 Å². The van der Waals surface area contributed by atoms with E-state index in [9.17, 15) is 0 Å². The van der Waals surface area contributed by atoms with Gasteiger partial charge in [-0.15, -0.1) is 0 Å². The molecule has 0 spiro atoms. The summed E-state index contributed by atoms with van der Waals surface area (Å²) in [7, 11) is 0. The lowest BCUT2D eigenvalue weighted by molar-refractivity contribution is 0.514. The number of piperazine rings is 1. The molecule has 4 rings (SSSR count). The third kappa shape index (κ3) is 1.97. The minimum Gasteiger partial charge on any atom is -0.352 e. The second-order valence-electron chi connectivity index (χ2n) is 6.74. The van der Waals surface area contributed by atoms with Crippen LogP contribution in [0, 0.1) is 0 Å². The number of nitrogens with zero attached hydrogens (tertiary/aromatic N) is 2. The molecule has 0 unspecified atom stereocenters. The predicted octanol–water partition coefficient (Wildman–Crippen LogP) is 2.32. The fraction of sp³-hybridized carbons (Fsp3) is 0.471. The molecule has 2 heterocycles. The molecular formula is C17H22N4. The van der Waals surface area contributed by atoms with E-state index in [1.54, 1.807) is 0 Å². The van der Waals surface area contributed by atoms with Crippen LogP contribution in [0.3, 0.4) is 0 Å². The minimum absolute atomic E-state index is 0.163. The van der Waals surface area contributed by atoms with Crippen LogP contribution in [0.15, 0.2) is 24.3 Å². The van der Waals surface area contributed by atoms with Crippen LogP contribution in [0.1, 0.15) is 25.0 Å². The lowest BCUT2D eigenvalue weighted by atomic mass is 9.72. The van der Waals surface area contributed by atoms with Crippen molar-refractivity contribution in [3.63, 3.8) is 0 Å². The molecule has 1 aromatic carbocycles. The summed E-state index contributed by atoms with van der Waals surface area (Å²) < 4.78 is 0. The van der Waals surface area contributed by atoms with Gasteiger partial charge in [-0.3, -0.25) is 5.10 Å². The normalized spacial score (nSPS) is 20.0. The number of rotatable bonds is 1. The number of hydrogen-bond acceptors (Lipinski definition) is 3. The van der Waals surface area contributed by atoms with Gasteiger partial charge >= 0.3 is 0 Å². The number of nitrogens with one attached hydrogen (secondary N) is 2. The molecule has 0 amide bonds. The van der Waals surface area contributed by atoms with Crippen LogP contribution in [0.5, 0.6) is 0 Å². The van der Waals surface area contributed by atoms with Crippen molar-refractivity contribution in [1.82, 2.24) is 15.5 Å². The van der Waals surface area contributed by atoms with Crippen LogP contribution < -0.4 is 10.2 Å². The Hall–Kier alpha value is -1.81. The maximum absolute atomic E-state index is 4.66. The second-order valence-corrected chi connectivity index (χ2v) is 6.74. The van der Waals surface area contributed by atoms with Crippen molar-refractivity contribution in [1.29, 1.82) is 0 Å². The fourth-order valence-electron chi connectivity index (χ4n) is 3.71. The Morgan fingerprint density at radius 2 is 1.90 bits per heavy atom. The van der Waals surface area contributed by atoms with Crippen molar-refractivity contribution >= 4 is 5.82 Å². The zero-order valence-electron chi connectivity index (χ0n) is 12.7. The van der Waals surface area contributed by atoms with Crippen LogP contribution in [0.2, 0.25) is 0 Å². The Kier molecular flexibility index (Phi) is 2.82. The summed E-state index contributed by atoms with van der Waals surface area (Å²) in [6, 6.07) is 8.73. The number of fused-ring (bicyclic) bond motifs is 3. The summed E-state index contributed by atoms with van der Waals surface area (Å²) in [5.74, 6) is 1.16. The maximum atomic E-state index is 4.66. The first kappa shape index (κ1) is 12.9. The molecule has 21 heavy (non-hydrogen) atoms. The summed E-state index contributed by atoms with van der Waals surface area (Å²) in [5, 5.41) is 11.4. The first-order chi connectivity index (χ1) is 10.2. The molecule has 1 aromatic heterocycles. The van der Waals surface area contributed by atoms with Gasteiger partial charge in [0.1, 0.15) is 0 Å².